The molecule has 0 saturated heterocycles. The molecule has 2 fully saturated rings. The van der Waals surface area contributed by atoms with Gasteiger partial charge in [0.25, 0.3) is 11.5 Å². The zero-order valence-electron chi connectivity index (χ0n) is 10.3. The van der Waals surface area contributed by atoms with Crippen molar-refractivity contribution in [1.82, 2.24) is 15.1 Å². The lowest BCUT2D eigenvalue weighted by Gasteiger charge is -2.21. The van der Waals surface area contributed by atoms with E-state index in [2.05, 4.69) is 10.2 Å². The Morgan fingerprint density at radius 1 is 1.22 bits per heavy atom. The standard InChI is InChI=1S/C13H17N3O2/c17-12-6-5-11(14-15-12)13(18)16(7-9-1-2-9)8-10-3-4-10/h5-6,9-10H,1-4,7-8H2,(H,15,17). The molecule has 1 aromatic heterocycles. The summed E-state index contributed by atoms with van der Waals surface area (Å²) >= 11 is 0. The van der Waals surface area contributed by atoms with Crippen LogP contribution in [0.4, 0.5) is 0 Å². The molecule has 5 nitrogen and oxygen atoms in total. The van der Waals surface area contributed by atoms with Crippen LogP contribution in [0.25, 0.3) is 0 Å². The zero-order chi connectivity index (χ0) is 12.5. The Kier molecular flexibility index (Phi) is 2.89. The highest BCUT2D eigenvalue weighted by Gasteiger charge is 2.32. The second-order valence-corrected chi connectivity index (χ2v) is 5.40. The van der Waals surface area contributed by atoms with Crippen LogP contribution in [0.2, 0.25) is 0 Å². The molecule has 0 bridgehead atoms. The van der Waals surface area contributed by atoms with E-state index in [4.69, 9.17) is 0 Å². The van der Waals surface area contributed by atoms with Gasteiger partial charge in [-0.3, -0.25) is 9.59 Å². The van der Waals surface area contributed by atoms with Crippen LogP contribution >= 0.6 is 0 Å². The van der Waals surface area contributed by atoms with Gasteiger partial charge in [-0.25, -0.2) is 5.10 Å². The summed E-state index contributed by atoms with van der Waals surface area (Å²) in [5.74, 6) is 1.30. The van der Waals surface area contributed by atoms with Gasteiger partial charge in [-0.05, 0) is 43.6 Å². The second-order valence-electron chi connectivity index (χ2n) is 5.40. The van der Waals surface area contributed by atoms with E-state index in [9.17, 15) is 9.59 Å². The lowest BCUT2D eigenvalue weighted by Crippen LogP contribution is -2.35. The summed E-state index contributed by atoms with van der Waals surface area (Å²) in [4.78, 5) is 25.2. The molecule has 1 heterocycles. The van der Waals surface area contributed by atoms with E-state index in [-0.39, 0.29) is 11.5 Å². The molecule has 0 atom stereocenters. The lowest BCUT2D eigenvalue weighted by molar-refractivity contribution is 0.0732. The summed E-state index contributed by atoms with van der Waals surface area (Å²) in [7, 11) is 0. The van der Waals surface area contributed by atoms with Gasteiger partial charge in [0.15, 0.2) is 0 Å². The number of nitrogens with one attached hydrogen (secondary N) is 1. The number of carbonyl (C=O) groups is 1. The maximum absolute atomic E-state index is 12.3. The van der Waals surface area contributed by atoms with Crippen LogP contribution in [0.1, 0.15) is 36.2 Å². The number of H-pyrrole nitrogens is 1. The average Bonchev–Trinajstić information content (AvgIpc) is 3.23. The van der Waals surface area contributed by atoms with Gasteiger partial charge in [0.05, 0.1) is 0 Å². The number of rotatable bonds is 5. The first-order valence-corrected chi connectivity index (χ1v) is 6.57. The first kappa shape index (κ1) is 11.4. The van der Waals surface area contributed by atoms with Crippen molar-refractivity contribution in [3.63, 3.8) is 0 Å². The molecule has 18 heavy (non-hydrogen) atoms. The van der Waals surface area contributed by atoms with Crippen molar-refractivity contribution < 1.29 is 4.79 Å². The quantitative estimate of drug-likeness (QED) is 0.845. The van der Waals surface area contributed by atoms with Crippen LogP contribution in [0.5, 0.6) is 0 Å². The van der Waals surface area contributed by atoms with E-state index >= 15 is 0 Å². The van der Waals surface area contributed by atoms with Crippen molar-refractivity contribution in [2.75, 3.05) is 13.1 Å². The van der Waals surface area contributed by atoms with Crippen LogP contribution in [-0.2, 0) is 0 Å². The molecule has 0 unspecified atom stereocenters. The van der Waals surface area contributed by atoms with Gasteiger partial charge in [0, 0.05) is 19.2 Å². The largest absolute Gasteiger partial charge is 0.337 e. The van der Waals surface area contributed by atoms with E-state index in [1.54, 1.807) is 0 Å². The highest BCUT2D eigenvalue weighted by molar-refractivity contribution is 5.92. The van der Waals surface area contributed by atoms with Crippen molar-refractivity contribution in [2.24, 2.45) is 11.8 Å². The third-order valence-electron chi connectivity index (χ3n) is 3.54. The van der Waals surface area contributed by atoms with Gasteiger partial charge in [0.2, 0.25) is 0 Å². The van der Waals surface area contributed by atoms with E-state index in [0.717, 1.165) is 13.1 Å². The normalized spacial score (nSPS) is 18.7. The summed E-state index contributed by atoms with van der Waals surface area (Å²) in [5, 5.41) is 6.15. The number of aromatic nitrogens is 2. The maximum Gasteiger partial charge on any atom is 0.274 e. The van der Waals surface area contributed by atoms with Gasteiger partial charge < -0.3 is 4.90 Å². The van der Waals surface area contributed by atoms with Crippen LogP contribution in [0.3, 0.4) is 0 Å². The number of hydrogen-bond donors (Lipinski definition) is 1. The summed E-state index contributed by atoms with van der Waals surface area (Å²) in [5.41, 5.74) is 0.0679. The van der Waals surface area contributed by atoms with Crippen molar-refractivity contribution in [1.29, 1.82) is 0 Å². The molecular formula is C13H17N3O2. The summed E-state index contributed by atoms with van der Waals surface area (Å²) in [6, 6.07) is 2.86. The number of nitrogens with zero attached hydrogens (tertiary/aromatic N) is 2. The smallest absolute Gasteiger partial charge is 0.274 e. The first-order valence-electron chi connectivity index (χ1n) is 6.57. The van der Waals surface area contributed by atoms with E-state index in [1.165, 1.54) is 37.8 Å². The number of hydrogen-bond acceptors (Lipinski definition) is 3. The zero-order valence-corrected chi connectivity index (χ0v) is 10.3. The molecular weight excluding hydrogens is 230 g/mol. The van der Waals surface area contributed by atoms with Gasteiger partial charge in [0.1, 0.15) is 5.69 Å². The summed E-state index contributed by atoms with van der Waals surface area (Å²) in [6.45, 7) is 1.69. The van der Waals surface area contributed by atoms with Gasteiger partial charge in [-0.1, -0.05) is 0 Å². The van der Waals surface area contributed by atoms with E-state index in [0.29, 0.717) is 17.5 Å². The molecule has 2 aliphatic carbocycles. The topological polar surface area (TPSA) is 66.1 Å². The Morgan fingerprint density at radius 3 is 2.28 bits per heavy atom. The number of amides is 1. The first-order chi connectivity index (χ1) is 8.72. The van der Waals surface area contributed by atoms with Crippen LogP contribution in [0.15, 0.2) is 16.9 Å². The Morgan fingerprint density at radius 2 is 1.83 bits per heavy atom. The molecule has 0 spiro atoms. The van der Waals surface area contributed by atoms with Crippen LogP contribution in [0, 0.1) is 11.8 Å². The third-order valence-corrected chi connectivity index (χ3v) is 3.54. The molecule has 2 saturated carbocycles. The fourth-order valence-corrected chi connectivity index (χ4v) is 2.09. The van der Waals surface area contributed by atoms with Crippen LogP contribution < -0.4 is 5.56 Å². The van der Waals surface area contributed by atoms with Gasteiger partial charge in [-0.15, -0.1) is 0 Å². The highest BCUT2D eigenvalue weighted by Crippen LogP contribution is 2.34. The molecule has 0 radical (unpaired) electrons. The Balaban J connectivity index is 1.72. The van der Waals surface area contributed by atoms with Crippen molar-refractivity contribution in [3.8, 4) is 0 Å². The van der Waals surface area contributed by atoms with E-state index in [1.807, 2.05) is 4.90 Å². The molecule has 1 amide bonds. The minimum absolute atomic E-state index is 0.0509. The second kappa shape index (κ2) is 4.55. The Bertz CT molecular complexity index is 469. The van der Waals surface area contributed by atoms with E-state index < -0.39 is 0 Å². The minimum atomic E-state index is -0.275. The molecule has 0 aromatic carbocycles. The van der Waals surface area contributed by atoms with Crippen molar-refractivity contribution in [2.45, 2.75) is 25.7 Å². The molecule has 3 rings (SSSR count). The van der Waals surface area contributed by atoms with Crippen molar-refractivity contribution in [3.05, 3.63) is 28.2 Å². The number of aromatic amines is 1. The number of carbonyl (C=O) groups excluding carboxylic acids is 1. The molecule has 1 N–H and O–H groups in total. The molecule has 2 aliphatic rings. The lowest BCUT2D eigenvalue weighted by atomic mass is 10.2. The van der Waals surface area contributed by atoms with Gasteiger partial charge >= 0.3 is 0 Å². The monoisotopic (exact) mass is 247 g/mol. The fraction of sp³-hybridized carbons (Fsp3) is 0.615. The van der Waals surface area contributed by atoms with Gasteiger partial charge in [-0.2, -0.15) is 5.10 Å². The average molecular weight is 247 g/mol. The third kappa shape index (κ3) is 2.78. The predicted octanol–water partition coefficient (Wildman–Crippen LogP) is 1.03. The van der Waals surface area contributed by atoms with Crippen molar-refractivity contribution >= 4 is 5.91 Å². The SMILES string of the molecule is O=C(c1ccc(=O)[nH]n1)N(CC1CC1)CC1CC1. The predicted molar refractivity (Wildman–Crippen MR) is 66.2 cm³/mol. The fourth-order valence-electron chi connectivity index (χ4n) is 2.09. The molecule has 5 heteroatoms. The molecule has 0 aliphatic heterocycles. The maximum atomic E-state index is 12.3. The molecule has 96 valence electrons. The summed E-state index contributed by atoms with van der Waals surface area (Å²) in [6.07, 6.45) is 4.92. The minimum Gasteiger partial charge on any atom is -0.337 e. The Labute approximate surface area is 105 Å². The Hall–Kier alpha value is -1.65. The van der Waals surface area contributed by atoms with Crippen LogP contribution in [-0.4, -0.2) is 34.1 Å². The summed E-state index contributed by atoms with van der Waals surface area (Å²) < 4.78 is 0. The highest BCUT2D eigenvalue weighted by atomic mass is 16.2. The molecule has 1 aromatic rings.